The van der Waals surface area contributed by atoms with Crippen molar-refractivity contribution < 1.29 is 14.4 Å². The molecule has 0 N–H and O–H groups in total. The van der Waals surface area contributed by atoms with E-state index in [0.717, 1.165) is 29.7 Å². The number of carbonyl (C=O) groups is 1. The summed E-state index contributed by atoms with van der Waals surface area (Å²) in [6.07, 6.45) is 3.93. The van der Waals surface area contributed by atoms with E-state index in [0.29, 0.717) is 17.9 Å². The Bertz CT molecular complexity index is 761. The van der Waals surface area contributed by atoms with Crippen molar-refractivity contribution in [3.63, 3.8) is 0 Å². The van der Waals surface area contributed by atoms with Gasteiger partial charge in [0.25, 0.3) is 0 Å². The lowest BCUT2D eigenvalue weighted by Gasteiger charge is -2.05. The van der Waals surface area contributed by atoms with Crippen LogP contribution in [0.1, 0.15) is 30.9 Å². The van der Waals surface area contributed by atoms with Crippen LogP contribution in [0.4, 0.5) is 0 Å². The largest absolute Gasteiger partial charge is 0.494 e. The summed E-state index contributed by atoms with van der Waals surface area (Å²) in [5.41, 5.74) is 2.77. The van der Waals surface area contributed by atoms with Gasteiger partial charge in [0, 0.05) is 5.56 Å². The molecule has 2 aromatic carbocycles. The minimum Gasteiger partial charge on any atom is -0.494 e. The van der Waals surface area contributed by atoms with E-state index in [9.17, 15) is 4.79 Å². The van der Waals surface area contributed by atoms with Gasteiger partial charge in [0.1, 0.15) is 11.5 Å². The van der Waals surface area contributed by atoms with Crippen LogP contribution in [0.2, 0.25) is 0 Å². The van der Waals surface area contributed by atoms with E-state index < -0.39 is 5.97 Å². The van der Waals surface area contributed by atoms with E-state index in [4.69, 9.17) is 9.57 Å². The molecule has 0 aliphatic carbocycles. The fraction of sp³-hybridized carbons (Fsp3) is 0.200. The highest BCUT2D eigenvalue weighted by atomic mass is 16.7. The average molecular weight is 321 g/mol. The third-order valence-electron chi connectivity index (χ3n) is 3.70. The summed E-state index contributed by atoms with van der Waals surface area (Å²) in [5.74, 6) is 0.397. The lowest BCUT2D eigenvalue weighted by Crippen LogP contribution is -2.06. The number of unbranched alkanes of at least 4 members (excludes halogenated alkanes) is 1. The second kappa shape index (κ2) is 7.59. The quantitative estimate of drug-likeness (QED) is 0.455. The van der Waals surface area contributed by atoms with Crippen LogP contribution in [-0.2, 0) is 9.63 Å². The molecule has 0 atom stereocenters. The van der Waals surface area contributed by atoms with Gasteiger partial charge in [-0.05, 0) is 30.2 Å². The van der Waals surface area contributed by atoms with E-state index in [1.807, 2.05) is 54.6 Å². The van der Waals surface area contributed by atoms with Crippen LogP contribution in [0, 0.1) is 0 Å². The van der Waals surface area contributed by atoms with Crippen molar-refractivity contribution in [3.05, 3.63) is 71.3 Å². The molecule has 0 amide bonds. The summed E-state index contributed by atoms with van der Waals surface area (Å²) >= 11 is 0. The molecule has 0 spiro atoms. The van der Waals surface area contributed by atoms with E-state index in [1.165, 1.54) is 0 Å². The van der Waals surface area contributed by atoms with Crippen molar-refractivity contribution >= 4 is 17.8 Å². The van der Waals surface area contributed by atoms with Crippen LogP contribution < -0.4 is 4.74 Å². The highest BCUT2D eigenvalue weighted by Crippen LogP contribution is 2.22. The Morgan fingerprint density at radius 2 is 1.83 bits per heavy atom. The molecule has 0 aromatic heterocycles. The predicted octanol–water partition coefficient (Wildman–Crippen LogP) is 4.21. The molecule has 1 aliphatic rings. The monoisotopic (exact) mass is 321 g/mol. The molecule has 0 unspecified atom stereocenters. The maximum Gasteiger partial charge on any atom is 0.368 e. The lowest BCUT2D eigenvalue weighted by molar-refractivity contribution is -0.136. The molecular weight excluding hydrogens is 302 g/mol. The summed E-state index contributed by atoms with van der Waals surface area (Å²) in [4.78, 5) is 16.8. The zero-order valence-corrected chi connectivity index (χ0v) is 13.6. The number of rotatable bonds is 6. The van der Waals surface area contributed by atoms with Crippen LogP contribution in [0.25, 0.3) is 6.08 Å². The second-order valence-corrected chi connectivity index (χ2v) is 5.51. The zero-order chi connectivity index (χ0) is 16.8. The highest BCUT2D eigenvalue weighted by Gasteiger charge is 2.26. The molecule has 1 aliphatic heterocycles. The van der Waals surface area contributed by atoms with Crippen LogP contribution in [0.5, 0.6) is 5.75 Å². The summed E-state index contributed by atoms with van der Waals surface area (Å²) in [6, 6.07) is 17.2. The number of benzene rings is 2. The first kappa shape index (κ1) is 16.0. The van der Waals surface area contributed by atoms with Crippen molar-refractivity contribution in [2.45, 2.75) is 19.8 Å². The van der Waals surface area contributed by atoms with Gasteiger partial charge in [-0.25, -0.2) is 4.79 Å². The van der Waals surface area contributed by atoms with Crippen molar-refractivity contribution in [3.8, 4) is 5.75 Å². The van der Waals surface area contributed by atoms with Crippen molar-refractivity contribution in [2.24, 2.45) is 5.16 Å². The van der Waals surface area contributed by atoms with Crippen LogP contribution in [0.15, 0.2) is 65.3 Å². The van der Waals surface area contributed by atoms with Gasteiger partial charge >= 0.3 is 5.97 Å². The molecule has 2 aromatic rings. The van der Waals surface area contributed by atoms with Crippen LogP contribution >= 0.6 is 0 Å². The van der Waals surface area contributed by atoms with E-state index in [2.05, 4.69) is 12.1 Å². The van der Waals surface area contributed by atoms with E-state index in [-0.39, 0.29) is 0 Å². The molecule has 122 valence electrons. The molecule has 0 bridgehead atoms. The number of hydrogen-bond donors (Lipinski definition) is 0. The molecule has 0 radical (unpaired) electrons. The van der Waals surface area contributed by atoms with Gasteiger partial charge in [0.15, 0.2) is 0 Å². The lowest BCUT2D eigenvalue weighted by atomic mass is 10.0. The number of ether oxygens (including phenoxy) is 1. The molecule has 0 saturated carbocycles. The SMILES string of the molecule is CCCCOc1ccc(/C=C2\C(=O)ON=C2c2ccccc2)cc1. The minimum atomic E-state index is -0.433. The first-order valence-electron chi connectivity index (χ1n) is 8.07. The Hall–Kier alpha value is -2.88. The second-order valence-electron chi connectivity index (χ2n) is 5.51. The Kier molecular flexibility index (Phi) is 5.06. The van der Waals surface area contributed by atoms with Gasteiger partial charge in [-0.2, -0.15) is 0 Å². The number of oxime groups is 1. The maximum absolute atomic E-state index is 12.0. The van der Waals surface area contributed by atoms with Crippen LogP contribution in [-0.4, -0.2) is 18.3 Å². The van der Waals surface area contributed by atoms with Gasteiger partial charge in [-0.1, -0.05) is 61.0 Å². The molecule has 24 heavy (non-hydrogen) atoms. The normalized spacial score (nSPS) is 15.3. The number of nitrogens with zero attached hydrogens (tertiary/aromatic N) is 1. The van der Waals surface area contributed by atoms with Gasteiger partial charge < -0.3 is 9.57 Å². The molecular formula is C20H19NO3. The van der Waals surface area contributed by atoms with Gasteiger partial charge in [0.2, 0.25) is 0 Å². The molecule has 0 fully saturated rings. The fourth-order valence-corrected chi connectivity index (χ4v) is 2.37. The van der Waals surface area contributed by atoms with E-state index >= 15 is 0 Å². The first-order valence-corrected chi connectivity index (χ1v) is 8.07. The molecule has 4 heteroatoms. The number of carbonyl (C=O) groups excluding carboxylic acids is 1. The average Bonchev–Trinajstić information content (AvgIpc) is 2.98. The Morgan fingerprint density at radius 1 is 1.08 bits per heavy atom. The minimum absolute atomic E-state index is 0.433. The highest BCUT2D eigenvalue weighted by molar-refractivity contribution is 6.31. The number of hydrogen-bond acceptors (Lipinski definition) is 4. The molecule has 0 saturated heterocycles. The van der Waals surface area contributed by atoms with Crippen LogP contribution in [0.3, 0.4) is 0 Å². The third kappa shape index (κ3) is 3.71. The molecule has 3 rings (SSSR count). The Balaban J connectivity index is 1.79. The van der Waals surface area contributed by atoms with Gasteiger partial charge in [-0.3, -0.25) is 0 Å². The standard InChI is InChI=1S/C20H19NO3/c1-2-3-13-23-17-11-9-15(10-12-17)14-18-19(21-24-20(18)22)16-7-5-4-6-8-16/h4-12,14H,2-3,13H2,1H3/b18-14-. The summed E-state index contributed by atoms with van der Waals surface area (Å²) in [5, 5.41) is 3.91. The van der Waals surface area contributed by atoms with E-state index in [1.54, 1.807) is 6.08 Å². The Labute approximate surface area is 141 Å². The van der Waals surface area contributed by atoms with Gasteiger partial charge in [0.05, 0.1) is 12.2 Å². The summed E-state index contributed by atoms with van der Waals surface area (Å²) < 4.78 is 5.65. The first-order chi connectivity index (χ1) is 11.8. The summed E-state index contributed by atoms with van der Waals surface area (Å²) in [7, 11) is 0. The third-order valence-corrected chi connectivity index (χ3v) is 3.70. The summed E-state index contributed by atoms with van der Waals surface area (Å²) in [6.45, 7) is 2.85. The van der Waals surface area contributed by atoms with Gasteiger partial charge in [-0.15, -0.1) is 0 Å². The molecule has 4 nitrogen and oxygen atoms in total. The topological polar surface area (TPSA) is 47.9 Å². The predicted molar refractivity (Wildman–Crippen MR) is 93.9 cm³/mol. The molecule has 1 heterocycles. The van der Waals surface area contributed by atoms with Crippen molar-refractivity contribution in [1.82, 2.24) is 0 Å². The Morgan fingerprint density at radius 3 is 2.54 bits per heavy atom. The van der Waals surface area contributed by atoms with Crippen molar-refractivity contribution in [2.75, 3.05) is 6.61 Å². The fourth-order valence-electron chi connectivity index (χ4n) is 2.37. The zero-order valence-electron chi connectivity index (χ0n) is 13.6. The maximum atomic E-state index is 12.0. The smallest absolute Gasteiger partial charge is 0.368 e. The van der Waals surface area contributed by atoms with Crippen molar-refractivity contribution in [1.29, 1.82) is 0 Å².